The van der Waals surface area contributed by atoms with Gasteiger partial charge >= 0.3 is 0 Å². The van der Waals surface area contributed by atoms with E-state index in [1.165, 1.54) is 5.69 Å². The summed E-state index contributed by atoms with van der Waals surface area (Å²) in [5.74, 6) is 2.35. The van der Waals surface area contributed by atoms with E-state index in [0.29, 0.717) is 0 Å². The van der Waals surface area contributed by atoms with E-state index in [1.807, 2.05) is 25.5 Å². The van der Waals surface area contributed by atoms with Crippen molar-refractivity contribution >= 4 is 18.1 Å². The number of hydrogen-bond donors (Lipinski definition) is 1. The number of anilines is 2. The summed E-state index contributed by atoms with van der Waals surface area (Å²) in [6.07, 6.45) is 5.57. The summed E-state index contributed by atoms with van der Waals surface area (Å²) in [6.45, 7) is 2.14. The first-order valence-electron chi connectivity index (χ1n) is 5.61. The second kappa shape index (κ2) is 4.89. The zero-order valence-corrected chi connectivity index (χ0v) is 9.48. The lowest BCUT2D eigenvalue weighted by Crippen LogP contribution is -2.36. The first kappa shape index (κ1) is 10.8. The van der Waals surface area contributed by atoms with Crippen LogP contribution in [0.25, 0.3) is 0 Å². The van der Waals surface area contributed by atoms with Crippen LogP contribution in [0.4, 0.5) is 11.4 Å². The Hall–Kier alpha value is -1.70. The number of aromatic nitrogens is 1. The number of nitrogens with zero attached hydrogens (tertiary/aromatic N) is 3. The molecule has 2 heterocycles. The minimum Gasteiger partial charge on any atom is -0.385 e. The molecule has 1 aromatic heterocycles. The molecule has 82 valence electrons. The third kappa shape index (κ3) is 2.11. The van der Waals surface area contributed by atoms with Gasteiger partial charge in [-0.05, 0) is 18.7 Å². The van der Waals surface area contributed by atoms with Crippen LogP contribution in [-0.4, -0.2) is 31.8 Å². The highest BCUT2D eigenvalue weighted by Gasteiger charge is 2.23. The van der Waals surface area contributed by atoms with E-state index < -0.39 is 0 Å². The second-order valence-corrected chi connectivity index (χ2v) is 4.03. The van der Waals surface area contributed by atoms with Crippen molar-refractivity contribution in [2.45, 2.75) is 12.6 Å². The van der Waals surface area contributed by atoms with Gasteiger partial charge in [0.1, 0.15) is 0 Å². The fourth-order valence-electron chi connectivity index (χ4n) is 2.10. The van der Waals surface area contributed by atoms with Crippen molar-refractivity contribution in [3.05, 3.63) is 18.5 Å². The summed E-state index contributed by atoms with van der Waals surface area (Å²) in [5, 5.41) is 12.0. The highest BCUT2D eigenvalue weighted by molar-refractivity contribution is 6.67. The van der Waals surface area contributed by atoms with Gasteiger partial charge in [0.05, 0.1) is 17.6 Å². The summed E-state index contributed by atoms with van der Waals surface area (Å²) < 4.78 is 0. The van der Waals surface area contributed by atoms with Crippen LogP contribution >= 0.6 is 0 Å². The smallest absolute Gasteiger partial charge is 0.271 e. The molecule has 2 rings (SSSR count). The lowest BCUT2D eigenvalue weighted by molar-refractivity contribution is 0.821. The summed E-state index contributed by atoms with van der Waals surface area (Å²) in [7, 11) is 1.91. The SMILES string of the molecule is CNc1cnccc1N1CCB(C#N)CC1. The Kier molecular flexibility index (Phi) is 3.30. The minimum atomic E-state index is 0.233. The van der Waals surface area contributed by atoms with Crippen LogP contribution in [0.2, 0.25) is 12.6 Å². The highest BCUT2D eigenvalue weighted by Crippen LogP contribution is 2.27. The maximum absolute atomic E-state index is 8.86. The number of nitrogens with one attached hydrogen (secondary N) is 1. The predicted molar refractivity (Wildman–Crippen MR) is 67.0 cm³/mol. The molecule has 0 amide bonds. The Morgan fingerprint density at radius 1 is 1.50 bits per heavy atom. The molecule has 0 aromatic carbocycles. The number of hydrogen-bond acceptors (Lipinski definition) is 4. The molecule has 0 unspecified atom stereocenters. The molecule has 16 heavy (non-hydrogen) atoms. The summed E-state index contributed by atoms with van der Waals surface area (Å²) in [4.78, 5) is 6.42. The Morgan fingerprint density at radius 2 is 2.25 bits per heavy atom. The van der Waals surface area contributed by atoms with E-state index in [0.717, 1.165) is 31.4 Å². The largest absolute Gasteiger partial charge is 0.385 e. The molecule has 5 heteroatoms. The maximum Gasteiger partial charge on any atom is 0.271 e. The van der Waals surface area contributed by atoms with Crippen LogP contribution in [0.3, 0.4) is 0 Å². The molecule has 1 saturated heterocycles. The lowest BCUT2D eigenvalue weighted by Gasteiger charge is -2.31. The zero-order valence-electron chi connectivity index (χ0n) is 9.48. The summed E-state index contributed by atoms with van der Waals surface area (Å²) in [6, 6.07) is 2.03. The average Bonchev–Trinajstić information content (AvgIpc) is 2.39. The summed E-state index contributed by atoms with van der Waals surface area (Å²) in [5.41, 5.74) is 2.24. The Bertz CT molecular complexity index is 393. The zero-order chi connectivity index (χ0) is 11.4. The van der Waals surface area contributed by atoms with Gasteiger partial charge in [0, 0.05) is 32.3 Å². The molecule has 1 aromatic rings. The third-order valence-corrected chi connectivity index (χ3v) is 3.09. The van der Waals surface area contributed by atoms with Gasteiger partial charge in [0.2, 0.25) is 0 Å². The van der Waals surface area contributed by atoms with Crippen molar-refractivity contribution in [3.63, 3.8) is 0 Å². The molecule has 0 aliphatic carbocycles. The number of rotatable bonds is 2. The van der Waals surface area contributed by atoms with Gasteiger partial charge in [-0.1, -0.05) is 0 Å². The first-order valence-corrected chi connectivity index (χ1v) is 5.61. The van der Waals surface area contributed by atoms with Crippen LogP contribution in [0.1, 0.15) is 0 Å². The van der Waals surface area contributed by atoms with Gasteiger partial charge in [-0.25, -0.2) is 5.26 Å². The van der Waals surface area contributed by atoms with E-state index >= 15 is 0 Å². The fourth-order valence-corrected chi connectivity index (χ4v) is 2.10. The van der Waals surface area contributed by atoms with Crippen LogP contribution in [0.5, 0.6) is 0 Å². The van der Waals surface area contributed by atoms with Gasteiger partial charge in [0.25, 0.3) is 6.71 Å². The van der Waals surface area contributed by atoms with Crippen molar-refractivity contribution in [2.24, 2.45) is 0 Å². The molecule has 0 saturated carbocycles. The van der Waals surface area contributed by atoms with E-state index in [9.17, 15) is 0 Å². The highest BCUT2D eigenvalue weighted by atomic mass is 15.1. The van der Waals surface area contributed by atoms with Crippen LogP contribution in [0, 0.1) is 11.2 Å². The molecule has 0 bridgehead atoms. The Labute approximate surface area is 96.4 Å². The van der Waals surface area contributed by atoms with Crippen molar-refractivity contribution in [1.82, 2.24) is 4.98 Å². The lowest BCUT2D eigenvalue weighted by atomic mass is 9.45. The number of nitriles is 1. The van der Waals surface area contributed by atoms with Crippen molar-refractivity contribution in [2.75, 3.05) is 30.4 Å². The van der Waals surface area contributed by atoms with E-state index in [-0.39, 0.29) is 6.71 Å². The van der Waals surface area contributed by atoms with Crippen molar-refractivity contribution < 1.29 is 0 Å². The van der Waals surface area contributed by atoms with Gasteiger partial charge in [-0.15, -0.1) is 0 Å². The molecular formula is C11H15BN4. The van der Waals surface area contributed by atoms with Crippen molar-refractivity contribution in [3.8, 4) is 5.97 Å². The molecule has 1 N–H and O–H groups in total. The molecule has 1 fully saturated rings. The molecular weight excluding hydrogens is 199 g/mol. The molecule has 0 atom stereocenters. The third-order valence-electron chi connectivity index (χ3n) is 3.09. The first-order chi connectivity index (χ1) is 7.85. The Morgan fingerprint density at radius 3 is 2.88 bits per heavy atom. The monoisotopic (exact) mass is 214 g/mol. The topological polar surface area (TPSA) is 52.0 Å². The van der Waals surface area contributed by atoms with Gasteiger partial charge < -0.3 is 10.2 Å². The average molecular weight is 214 g/mol. The standard InChI is InChI=1S/C11H15BN4/c1-14-10-8-15-5-2-11(10)16-6-3-12(9-13)4-7-16/h2,5,8,14H,3-4,6-7H2,1H3. The normalized spacial score (nSPS) is 15.8. The van der Waals surface area contributed by atoms with Crippen LogP contribution in [0.15, 0.2) is 18.5 Å². The predicted octanol–water partition coefficient (Wildman–Crippen LogP) is 1.50. The fraction of sp³-hybridized carbons (Fsp3) is 0.455. The van der Waals surface area contributed by atoms with E-state index in [4.69, 9.17) is 5.26 Å². The van der Waals surface area contributed by atoms with E-state index in [2.05, 4.69) is 21.2 Å². The molecule has 4 nitrogen and oxygen atoms in total. The molecule has 1 aliphatic rings. The van der Waals surface area contributed by atoms with E-state index in [1.54, 1.807) is 0 Å². The molecule has 1 aliphatic heterocycles. The molecule has 0 radical (unpaired) electrons. The van der Waals surface area contributed by atoms with Gasteiger partial charge in [-0.3, -0.25) is 4.98 Å². The quantitative estimate of drug-likeness (QED) is 0.758. The van der Waals surface area contributed by atoms with Crippen LogP contribution in [-0.2, 0) is 0 Å². The summed E-state index contributed by atoms with van der Waals surface area (Å²) >= 11 is 0. The number of pyridine rings is 1. The maximum atomic E-state index is 8.86. The second-order valence-electron chi connectivity index (χ2n) is 4.03. The minimum absolute atomic E-state index is 0.233. The Balaban J connectivity index is 2.11. The van der Waals surface area contributed by atoms with Crippen molar-refractivity contribution in [1.29, 1.82) is 5.26 Å². The van der Waals surface area contributed by atoms with Gasteiger partial charge in [0.15, 0.2) is 0 Å². The van der Waals surface area contributed by atoms with Crippen LogP contribution < -0.4 is 10.2 Å². The molecule has 0 spiro atoms. The van der Waals surface area contributed by atoms with Gasteiger partial charge in [-0.2, -0.15) is 0 Å².